The van der Waals surface area contributed by atoms with E-state index in [1.807, 2.05) is 11.4 Å². The fourth-order valence-corrected chi connectivity index (χ4v) is 6.85. The Labute approximate surface area is 84.2 Å². The third kappa shape index (κ3) is 5.77. The Morgan fingerprint density at radius 3 is 1.33 bits per heavy atom. The molecule has 0 aliphatic rings. The normalized spacial score (nSPS) is 11.7. The second-order valence-corrected chi connectivity index (χ2v) is 11.8. The van der Waals surface area contributed by atoms with Crippen LogP contribution in [0.25, 0.3) is 0 Å². The van der Waals surface area contributed by atoms with E-state index in [-0.39, 0.29) is 12.4 Å². The minimum Gasteiger partial charge on any atom is -0.449 e. The molecule has 0 aromatic heterocycles. The molecule has 72 valence electrons. The molecule has 1 nitrogen and oxygen atoms in total. The van der Waals surface area contributed by atoms with E-state index < -0.39 is 16.6 Å². The van der Waals surface area contributed by atoms with Gasteiger partial charge >= 0.3 is 0 Å². The third-order valence-electron chi connectivity index (χ3n) is 1.51. The van der Waals surface area contributed by atoms with Crippen LogP contribution in [0.4, 0.5) is 0 Å². The van der Waals surface area contributed by atoms with Crippen LogP contribution in [0, 0.1) is 0 Å². The van der Waals surface area contributed by atoms with Crippen molar-refractivity contribution >= 4 is 29.0 Å². The first-order valence-electron chi connectivity index (χ1n) is 3.80. The predicted molar refractivity (Wildman–Crippen MR) is 63.7 cm³/mol. The lowest BCUT2D eigenvalue weighted by atomic mass is 11.3. The molecular weight excluding hydrogens is 204 g/mol. The van der Waals surface area contributed by atoms with Crippen molar-refractivity contribution < 1.29 is 4.12 Å². The summed E-state index contributed by atoms with van der Waals surface area (Å²) in [4.78, 5) is 0. The highest BCUT2D eigenvalue weighted by Gasteiger charge is 2.27. The van der Waals surface area contributed by atoms with Gasteiger partial charge in [0.25, 0.3) is 0 Å². The van der Waals surface area contributed by atoms with E-state index in [1.54, 1.807) is 0 Å². The first-order valence-corrected chi connectivity index (χ1v) is 9.77. The van der Waals surface area contributed by atoms with E-state index in [0.717, 1.165) is 0 Å². The highest BCUT2D eigenvalue weighted by Crippen LogP contribution is 2.15. The maximum Gasteiger partial charge on any atom is 0.198 e. The van der Waals surface area contributed by atoms with Gasteiger partial charge in [0.15, 0.2) is 16.6 Å². The number of hydrogen-bond donors (Lipinski definition) is 0. The molecule has 0 amide bonds. The highest BCUT2D eigenvalue weighted by atomic mass is 35.5. The first-order chi connectivity index (χ1) is 4.83. The number of halogens is 1. The summed E-state index contributed by atoms with van der Waals surface area (Å²) in [7, 11) is -3.16. The van der Waals surface area contributed by atoms with Gasteiger partial charge in [-0.1, -0.05) is 11.4 Å². The van der Waals surface area contributed by atoms with Crippen LogP contribution in [-0.2, 0) is 4.12 Å². The van der Waals surface area contributed by atoms with Gasteiger partial charge in [0, 0.05) is 0 Å². The fraction of sp³-hybridized carbons (Fsp3) is 0.500. The Bertz CT molecular complexity index is 148. The summed E-state index contributed by atoms with van der Waals surface area (Å²) in [5.41, 5.74) is 3.93. The molecule has 4 heteroatoms. The van der Waals surface area contributed by atoms with Crippen molar-refractivity contribution in [1.29, 1.82) is 0 Å². The van der Waals surface area contributed by atoms with Crippen LogP contribution in [0.3, 0.4) is 0 Å². The van der Waals surface area contributed by atoms with Crippen LogP contribution in [0.15, 0.2) is 24.6 Å². The van der Waals surface area contributed by atoms with E-state index >= 15 is 0 Å². The Hall–Kier alpha value is 0.164. The highest BCUT2D eigenvalue weighted by molar-refractivity contribution is 6.89. The molecule has 0 aromatic carbocycles. The van der Waals surface area contributed by atoms with Crippen LogP contribution in [0.1, 0.15) is 0 Å². The van der Waals surface area contributed by atoms with Crippen LogP contribution in [-0.4, -0.2) is 16.6 Å². The minimum atomic E-state index is -1.58. The van der Waals surface area contributed by atoms with Gasteiger partial charge < -0.3 is 4.12 Å². The van der Waals surface area contributed by atoms with Gasteiger partial charge in [-0.25, -0.2) is 0 Å². The molecule has 0 aromatic rings. The summed E-state index contributed by atoms with van der Waals surface area (Å²) < 4.78 is 5.97. The number of hydrogen-bond acceptors (Lipinski definition) is 1. The molecule has 0 fully saturated rings. The topological polar surface area (TPSA) is 9.23 Å². The molecule has 0 heterocycles. The second kappa shape index (κ2) is 5.02. The van der Waals surface area contributed by atoms with Crippen molar-refractivity contribution in [2.75, 3.05) is 0 Å². The lowest BCUT2D eigenvalue weighted by Gasteiger charge is -2.29. The van der Waals surface area contributed by atoms with Gasteiger partial charge in [-0.05, 0) is 26.2 Å². The van der Waals surface area contributed by atoms with Crippen molar-refractivity contribution in [2.24, 2.45) is 0 Å². The zero-order chi connectivity index (χ0) is 9.12. The lowest BCUT2D eigenvalue weighted by molar-refractivity contribution is 0.571. The molecule has 0 N–H and O–H groups in total. The Morgan fingerprint density at radius 2 is 1.17 bits per heavy atom. The summed E-state index contributed by atoms with van der Waals surface area (Å²) in [6, 6.07) is 0. The van der Waals surface area contributed by atoms with E-state index in [4.69, 9.17) is 4.12 Å². The van der Waals surface area contributed by atoms with Gasteiger partial charge in [0.05, 0.1) is 0 Å². The minimum absolute atomic E-state index is 0. The van der Waals surface area contributed by atoms with Crippen molar-refractivity contribution in [1.82, 2.24) is 0 Å². The van der Waals surface area contributed by atoms with Crippen molar-refractivity contribution in [3.63, 3.8) is 0 Å². The monoisotopic (exact) mass is 222 g/mol. The lowest BCUT2D eigenvalue weighted by Crippen LogP contribution is -2.41. The molecule has 0 aliphatic carbocycles. The molecule has 0 saturated carbocycles. The Balaban J connectivity index is 0. The number of rotatable bonds is 4. The predicted octanol–water partition coefficient (Wildman–Crippen LogP) is 3.29. The van der Waals surface area contributed by atoms with Crippen molar-refractivity contribution in [2.45, 2.75) is 26.2 Å². The third-order valence-corrected chi connectivity index (χ3v) is 7.68. The molecular formula is C8H19ClOSi2. The zero-order valence-corrected chi connectivity index (χ0v) is 11.2. The maximum absolute atomic E-state index is 5.97. The fourth-order valence-electron chi connectivity index (χ4n) is 0.761. The van der Waals surface area contributed by atoms with E-state index in [0.29, 0.717) is 0 Å². The van der Waals surface area contributed by atoms with Crippen LogP contribution >= 0.6 is 12.4 Å². The molecule has 0 rings (SSSR count). The summed E-state index contributed by atoms with van der Waals surface area (Å²) in [6.45, 7) is 16.2. The summed E-state index contributed by atoms with van der Waals surface area (Å²) >= 11 is 0. The molecule has 0 aliphatic heterocycles. The van der Waals surface area contributed by atoms with E-state index in [1.165, 1.54) is 0 Å². The zero-order valence-electron chi connectivity index (χ0n) is 8.39. The van der Waals surface area contributed by atoms with Crippen molar-refractivity contribution in [3.05, 3.63) is 24.6 Å². The molecule has 12 heavy (non-hydrogen) atoms. The average molecular weight is 223 g/mol. The summed E-state index contributed by atoms with van der Waals surface area (Å²) in [6.07, 6.45) is 0. The van der Waals surface area contributed by atoms with Gasteiger partial charge in [-0.2, -0.15) is 0 Å². The quantitative estimate of drug-likeness (QED) is 0.664. The van der Waals surface area contributed by atoms with Crippen molar-refractivity contribution in [3.8, 4) is 0 Å². The first kappa shape index (κ1) is 14.7. The summed E-state index contributed by atoms with van der Waals surface area (Å²) in [5.74, 6) is 0. The Kier molecular flexibility index (Phi) is 6.13. The largest absolute Gasteiger partial charge is 0.449 e. The summed E-state index contributed by atoms with van der Waals surface area (Å²) in [5, 5.41) is 0. The molecule has 0 spiro atoms. The smallest absolute Gasteiger partial charge is 0.198 e. The molecule has 0 saturated heterocycles. The molecule has 0 radical (unpaired) electrons. The van der Waals surface area contributed by atoms with Gasteiger partial charge in [-0.15, -0.1) is 25.6 Å². The molecule has 0 atom stereocenters. The SMILES string of the molecule is C=C[Si](C)(C)O[Si](C)(C)C=C.Cl. The van der Waals surface area contributed by atoms with Crippen LogP contribution in [0.5, 0.6) is 0 Å². The van der Waals surface area contributed by atoms with Gasteiger partial charge in [-0.3, -0.25) is 0 Å². The van der Waals surface area contributed by atoms with Gasteiger partial charge in [0.2, 0.25) is 0 Å². The standard InChI is InChI=1S/C8H18OSi2.ClH/c1-7-10(3,4)9-11(5,6)8-2;/h7-8H,1-2H2,3-6H3;1H. The maximum atomic E-state index is 5.97. The molecule has 0 bridgehead atoms. The van der Waals surface area contributed by atoms with Crippen LogP contribution < -0.4 is 0 Å². The van der Waals surface area contributed by atoms with E-state index in [2.05, 4.69) is 39.3 Å². The van der Waals surface area contributed by atoms with Gasteiger partial charge in [0.1, 0.15) is 0 Å². The second-order valence-electron chi connectivity index (χ2n) is 3.72. The Morgan fingerprint density at radius 1 is 0.917 bits per heavy atom. The average Bonchev–Trinajstić information content (AvgIpc) is 1.86. The molecule has 0 unspecified atom stereocenters. The van der Waals surface area contributed by atoms with E-state index in [9.17, 15) is 0 Å². The van der Waals surface area contributed by atoms with Crippen LogP contribution in [0.2, 0.25) is 26.2 Å².